The third-order valence-corrected chi connectivity index (χ3v) is 6.13. The van der Waals surface area contributed by atoms with Gasteiger partial charge >= 0.3 is 10.3 Å². The average Bonchev–Trinajstić information content (AvgIpc) is 2.63. The Morgan fingerprint density at radius 1 is 1.07 bits per heavy atom. The van der Waals surface area contributed by atoms with Crippen LogP contribution < -0.4 is 13.8 Å². The summed E-state index contributed by atoms with van der Waals surface area (Å²) >= 11 is 0. The van der Waals surface area contributed by atoms with Crippen LogP contribution >= 0.6 is 0 Å². The minimum absolute atomic E-state index is 0.174. The second kappa shape index (κ2) is 10.9. The van der Waals surface area contributed by atoms with Crippen molar-refractivity contribution in [2.24, 2.45) is 0 Å². The fraction of sp³-hybridized carbons (Fsp3) is 0.294. The van der Waals surface area contributed by atoms with Crippen molar-refractivity contribution >= 4 is 31.7 Å². The van der Waals surface area contributed by atoms with Crippen LogP contribution in [0, 0.1) is 10.1 Å². The maximum absolute atomic E-state index is 11.8. The highest BCUT2D eigenvalue weighted by molar-refractivity contribution is 8.07. The summed E-state index contributed by atoms with van der Waals surface area (Å²) in [6, 6.07) is 10.4. The molecule has 2 aromatic carbocycles. The third-order valence-electron chi connectivity index (χ3n) is 3.33. The lowest BCUT2D eigenvalue weighted by molar-refractivity contribution is -0.384. The first kappa shape index (κ1) is 25.3. The molecule has 0 spiro atoms. The van der Waals surface area contributed by atoms with Crippen molar-refractivity contribution in [1.29, 1.82) is 0 Å². The summed E-state index contributed by atoms with van der Waals surface area (Å²) in [5.41, 5.74) is -1.06. The zero-order valence-electron chi connectivity index (χ0n) is 16.5. The van der Waals surface area contributed by atoms with Gasteiger partial charge in [-0.2, -0.15) is 8.42 Å². The van der Waals surface area contributed by atoms with E-state index in [0.717, 1.165) is 31.3 Å². The van der Waals surface area contributed by atoms with Gasteiger partial charge in [-0.15, -0.1) is 3.71 Å². The number of nitro benzene ring substituents is 1. The highest BCUT2D eigenvalue weighted by Crippen LogP contribution is 2.37. The zero-order valence-corrected chi connectivity index (χ0v) is 18.2. The largest absolute Gasteiger partial charge is 0.455 e. The summed E-state index contributed by atoms with van der Waals surface area (Å²) in [5.74, 6) is -0.267. The van der Waals surface area contributed by atoms with Crippen molar-refractivity contribution < 1.29 is 31.0 Å². The lowest BCUT2D eigenvalue weighted by Gasteiger charge is -2.20. The molecule has 2 aromatic rings. The molecule has 0 saturated heterocycles. The number of nitro groups is 1. The molecule has 0 saturated carbocycles. The number of nitrogens with one attached hydrogen (secondary N) is 1. The highest BCUT2D eigenvalue weighted by atomic mass is 32.3. The summed E-state index contributed by atoms with van der Waals surface area (Å²) in [7, 11) is -9.71. The molecule has 11 nitrogen and oxygen atoms in total. The normalized spacial score (nSPS) is 11.2. The van der Waals surface area contributed by atoms with E-state index in [2.05, 4.69) is 19.2 Å². The van der Waals surface area contributed by atoms with Crippen LogP contribution in [0.2, 0.25) is 0 Å². The topological polar surface area (TPSA) is 156 Å². The molecular weight excluding hydrogens is 438 g/mol. The third kappa shape index (κ3) is 7.59. The fourth-order valence-corrected chi connectivity index (χ4v) is 4.46. The number of anilines is 1. The van der Waals surface area contributed by atoms with Crippen LogP contribution in [0.25, 0.3) is 0 Å². The van der Waals surface area contributed by atoms with Gasteiger partial charge in [-0.05, 0) is 31.3 Å². The van der Waals surface area contributed by atoms with Gasteiger partial charge in [0.15, 0.2) is 5.75 Å². The molecule has 166 valence electrons. The summed E-state index contributed by atoms with van der Waals surface area (Å²) in [5, 5.41) is 14.0. The maximum atomic E-state index is 11.8. The van der Waals surface area contributed by atoms with E-state index in [1.165, 1.54) is 12.1 Å². The van der Waals surface area contributed by atoms with E-state index in [0.29, 0.717) is 6.26 Å². The van der Waals surface area contributed by atoms with Crippen molar-refractivity contribution in [3.05, 3.63) is 58.6 Å². The van der Waals surface area contributed by atoms with Gasteiger partial charge < -0.3 is 10.1 Å². The maximum Gasteiger partial charge on any atom is 0.373 e. The minimum Gasteiger partial charge on any atom is -0.455 e. The zero-order chi connectivity index (χ0) is 22.9. The molecule has 0 radical (unpaired) electrons. The molecule has 0 fully saturated rings. The predicted molar refractivity (Wildman–Crippen MR) is 113 cm³/mol. The van der Waals surface area contributed by atoms with E-state index < -0.39 is 42.4 Å². The van der Waals surface area contributed by atoms with Crippen LogP contribution in [0.4, 0.5) is 11.4 Å². The van der Waals surface area contributed by atoms with Crippen LogP contribution in [-0.4, -0.2) is 45.7 Å². The van der Waals surface area contributed by atoms with Gasteiger partial charge in [-0.3, -0.25) is 14.7 Å². The summed E-state index contributed by atoms with van der Waals surface area (Å²) in [6.07, 6.45) is 0.550. The van der Waals surface area contributed by atoms with E-state index >= 15 is 0 Å². The first-order valence-corrected chi connectivity index (χ1v) is 11.9. The monoisotopic (exact) mass is 461 g/mol. The van der Waals surface area contributed by atoms with Gasteiger partial charge in [0.2, 0.25) is 10.0 Å². The molecule has 0 atom stereocenters. The van der Waals surface area contributed by atoms with Crippen LogP contribution in [0.3, 0.4) is 0 Å². The number of nitrogens with zero attached hydrogens (tertiary/aromatic N) is 2. The number of sulfonamides is 1. The molecule has 0 aliphatic heterocycles. The van der Waals surface area contributed by atoms with Crippen molar-refractivity contribution in [3.8, 4) is 11.5 Å². The van der Waals surface area contributed by atoms with Gasteiger partial charge in [0, 0.05) is 6.07 Å². The second-order valence-electron chi connectivity index (χ2n) is 5.72. The molecule has 0 unspecified atom stereocenters. The van der Waals surface area contributed by atoms with Crippen LogP contribution in [-0.2, 0) is 20.3 Å². The highest BCUT2D eigenvalue weighted by Gasteiger charge is 2.33. The van der Waals surface area contributed by atoms with E-state index in [9.17, 15) is 31.5 Å². The minimum atomic E-state index is -5.23. The summed E-state index contributed by atoms with van der Waals surface area (Å²) in [6.45, 7) is 6.39. The molecule has 0 amide bonds. The molecule has 2 rings (SSSR count). The van der Waals surface area contributed by atoms with Crippen molar-refractivity contribution in [3.63, 3.8) is 0 Å². The average molecular weight is 462 g/mol. The number of ether oxygens (including phenoxy) is 1. The Kier molecular flexibility index (Phi) is 9.17. The predicted octanol–water partition coefficient (Wildman–Crippen LogP) is 2.57. The van der Waals surface area contributed by atoms with E-state index in [1.54, 1.807) is 18.2 Å². The number of benzene rings is 2. The van der Waals surface area contributed by atoms with E-state index in [1.807, 2.05) is 0 Å². The molecular formula is C17H23N3O8S2. The second-order valence-corrected chi connectivity index (χ2v) is 9.04. The quantitative estimate of drug-likeness (QED) is 0.342. The Hall–Kier alpha value is -2.74. The van der Waals surface area contributed by atoms with Gasteiger partial charge in [-0.1, -0.05) is 32.0 Å². The molecule has 0 aliphatic carbocycles. The summed E-state index contributed by atoms with van der Waals surface area (Å²) < 4.78 is 61.0. The van der Waals surface area contributed by atoms with Crippen molar-refractivity contribution in [2.45, 2.75) is 13.8 Å². The van der Waals surface area contributed by atoms with E-state index in [-0.39, 0.29) is 9.46 Å². The molecule has 30 heavy (non-hydrogen) atoms. The molecule has 0 aromatic heterocycles. The van der Waals surface area contributed by atoms with E-state index in [4.69, 9.17) is 4.74 Å². The van der Waals surface area contributed by atoms with Crippen LogP contribution in [0.1, 0.15) is 13.8 Å². The standard InChI is InChI=1S/C13H12N2O8S2.C4H11N/c1-24(18,19)15(25(20,21)22)12-8-7-10(14(16)17)9-13(12)23-11-5-3-2-4-6-11;1-3-5-4-2/h2-9H,1H3,(H,20,21,22);5H,3-4H2,1-2H3. The molecule has 0 heterocycles. The van der Waals surface area contributed by atoms with Crippen molar-refractivity contribution in [1.82, 2.24) is 5.32 Å². The summed E-state index contributed by atoms with van der Waals surface area (Å²) in [4.78, 5) is 10.2. The molecule has 0 aliphatic rings. The number of rotatable bonds is 8. The number of hydrogen-bond acceptors (Lipinski definition) is 8. The Balaban J connectivity index is 0.000000804. The Labute approximate surface area is 175 Å². The van der Waals surface area contributed by atoms with Crippen LogP contribution in [0.15, 0.2) is 48.5 Å². The van der Waals surface area contributed by atoms with Gasteiger partial charge in [-0.25, -0.2) is 8.42 Å². The first-order valence-electron chi connectivity index (χ1n) is 8.61. The molecule has 13 heteroatoms. The first-order chi connectivity index (χ1) is 13.9. The Bertz CT molecular complexity index is 1020. The molecule has 2 N–H and O–H groups in total. The number of para-hydroxylation sites is 1. The fourth-order valence-electron chi connectivity index (χ4n) is 2.19. The Morgan fingerprint density at radius 2 is 1.63 bits per heavy atom. The number of hydrogen-bond donors (Lipinski definition) is 2. The lowest BCUT2D eigenvalue weighted by Crippen LogP contribution is -2.35. The van der Waals surface area contributed by atoms with Gasteiger partial charge in [0.1, 0.15) is 11.4 Å². The van der Waals surface area contributed by atoms with Gasteiger partial charge in [0.05, 0.1) is 17.2 Å². The van der Waals surface area contributed by atoms with Crippen molar-refractivity contribution in [2.75, 3.05) is 23.1 Å². The van der Waals surface area contributed by atoms with Gasteiger partial charge in [0.25, 0.3) is 5.69 Å². The SMILES string of the molecule is CCNCC.CS(=O)(=O)N(c1ccc([N+](=O)[O-])cc1Oc1ccccc1)S(=O)(=O)O. The smallest absolute Gasteiger partial charge is 0.373 e. The van der Waals surface area contributed by atoms with Crippen LogP contribution in [0.5, 0.6) is 11.5 Å². The lowest BCUT2D eigenvalue weighted by atomic mass is 10.2. The Morgan fingerprint density at radius 3 is 2.03 bits per heavy atom. The number of non-ortho nitro benzene ring substituents is 1. The molecule has 0 bridgehead atoms.